The molecule has 1 N–H and O–H groups in total. The number of benzene rings is 1. The third-order valence-corrected chi connectivity index (χ3v) is 5.28. The van der Waals surface area contributed by atoms with Crippen molar-refractivity contribution in [1.29, 1.82) is 0 Å². The molecule has 0 fully saturated rings. The van der Waals surface area contributed by atoms with Gasteiger partial charge in [0, 0.05) is 7.05 Å². The van der Waals surface area contributed by atoms with Crippen LogP contribution >= 0.6 is 11.8 Å². The number of esters is 1. The van der Waals surface area contributed by atoms with Gasteiger partial charge in [0.2, 0.25) is 0 Å². The van der Waals surface area contributed by atoms with Crippen molar-refractivity contribution in [2.45, 2.75) is 39.2 Å². The molecule has 3 rings (SSSR count). The van der Waals surface area contributed by atoms with Gasteiger partial charge in [-0.15, -0.1) is 0 Å². The van der Waals surface area contributed by atoms with Crippen LogP contribution in [0.15, 0.2) is 24.3 Å². The number of hydrogen-bond acceptors (Lipinski definition) is 6. The lowest BCUT2D eigenvalue weighted by atomic mass is 10.3. The van der Waals surface area contributed by atoms with Crippen LogP contribution in [0.5, 0.6) is 0 Å². The van der Waals surface area contributed by atoms with Crippen molar-refractivity contribution >= 4 is 40.4 Å². The molecule has 0 radical (unpaired) electrons. The highest BCUT2D eigenvalue weighted by Gasteiger charge is 2.22. The van der Waals surface area contributed by atoms with Crippen molar-refractivity contribution in [3.63, 3.8) is 0 Å². The number of anilines is 1. The van der Waals surface area contributed by atoms with Crippen molar-refractivity contribution in [1.82, 2.24) is 19.3 Å². The lowest BCUT2D eigenvalue weighted by Gasteiger charge is -2.15. The zero-order valence-corrected chi connectivity index (χ0v) is 18.0. The molecule has 1 aromatic carbocycles. The second kappa shape index (κ2) is 8.69. The van der Waals surface area contributed by atoms with E-state index in [9.17, 15) is 9.59 Å². The summed E-state index contributed by atoms with van der Waals surface area (Å²) in [4.78, 5) is 29.6. The first kappa shape index (κ1) is 20.9. The monoisotopic (exact) mass is 415 g/mol. The molecular formula is C20H25N5O3S. The average molecular weight is 416 g/mol. The minimum atomic E-state index is -0.930. The summed E-state index contributed by atoms with van der Waals surface area (Å²) in [5.74, 6) is 0.599. The molecular weight excluding hydrogens is 390 g/mol. The number of carbonyl (C=O) groups is 2. The summed E-state index contributed by atoms with van der Waals surface area (Å²) >= 11 is 1.63. The van der Waals surface area contributed by atoms with Crippen molar-refractivity contribution in [2.75, 3.05) is 11.6 Å². The van der Waals surface area contributed by atoms with E-state index in [0.29, 0.717) is 17.1 Å². The van der Waals surface area contributed by atoms with Crippen LogP contribution in [-0.4, -0.2) is 43.6 Å². The van der Waals surface area contributed by atoms with Crippen LogP contribution in [0.2, 0.25) is 0 Å². The molecule has 1 atom stereocenters. The molecule has 8 nitrogen and oxygen atoms in total. The van der Waals surface area contributed by atoms with Crippen LogP contribution < -0.4 is 5.32 Å². The first-order chi connectivity index (χ1) is 13.8. The predicted molar refractivity (Wildman–Crippen MR) is 114 cm³/mol. The molecule has 0 bridgehead atoms. The molecule has 0 saturated heterocycles. The molecule has 3 aromatic rings. The van der Waals surface area contributed by atoms with Gasteiger partial charge in [-0.25, -0.2) is 4.98 Å². The maximum Gasteiger partial charge on any atom is 0.326 e. The van der Waals surface area contributed by atoms with Crippen LogP contribution in [0.4, 0.5) is 5.69 Å². The van der Waals surface area contributed by atoms with Crippen LogP contribution in [0, 0.1) is 13.8 Å². The number of ether oxygens (including phenoxy) is 1. The summed E-state index contributed by atoms with van der Waals surface area (Å²) in [5, 5.41) is 7.07. The summed E-state index contributed by atoms with van der Waals surface area (Å²) in [6.07, 6.45) is 1.05. The summed E-state index contributed by atoms with van der Waals surface area (Å²) in [5.41, 5.74) is 3.89. The molecule has 2 aromatic heterocycles. The van der Waals surface area contributed by atoms with E-state index >= 15 is 0 Å². The van der Waals surface area contributed by atoms with E-state index in [1.165, 1.54) is 0 Å². The van der Waals surface area contributed by atoms with E-state index < -0.39 is 18.0 Å². The van der Waals surface area contributed by atoms with Crippen molar-refractivity contribution in [3.8, 4) is 0 Å². The number of aromatic nitrogens is 4. The van der Waals surface area contributed by atoms with Gasteiger partial charge < -0.3 is 14.6 Å². The lowest BCUT2D eigenvalue weighted by Crippen LogP contribution is -2.31. The topological polar surface area (TPSA) is 91.0 Å². The van der Waals surface area contributed by atoms with Crippen molar-refractivity contribution < 1.29 is 14.3 Å². The average Bonchev–Trinajstić information content (AvgIpc) is 3.13. The Labute approximate surface area is 173 Å². The number of nitrogens with one attached hydrogen (secondary N) is 1. The second-order valence-corrected chi connectivity index (χ2v) is 7.69. The Morgan fingerprint density at radius 1 is 1.28 bits per heavy atom. The Hall–Kier alpha value is -2.81. The molecule has 1 amide bonds. The van der Waals surface area contributed by atoms with Crippen LogP contribution in [0.1, 0.15) is 24.1 Å². The Kier molecular flexibility index (Phi) is 6.26. The van der Waals surface area contributed by atoms with E-state index in [1.54, 1.807) is 23.4 Å². The highest BCUT2D eigenvalue weighted by Crippen LogP contribution is 2.20. The van der Waals surface area contributed by atoms with Gasteiger partial charge in [0.25, 0.3) is 5.91 Å². The molecule has 154 valence electrons. The van der Waals surface area contributed by atoms with E-state index in [1.807, 2.05) is 56.0 Å². The fourth-order valence-electron chi connectivity index (χ4n) is 3.14. The highest BCUT2D eigenvalue weighted by atomic mass is 32.2. The maximum absolute atomic E-state index is 12.5. The molecule has 29 heavy (non-hydrogen) atoms. The highest BCUT2D eigenvalue weighted by molar-refractivity contribution is 7.97. The number of thioether (sulfide) groups is 1. The molecule has 0 aliphatic carbocycles. The van der Waals surface area contributed by atoms with Gasteiger partial charge >= 0.3 is 5.97 Å². The van der Waals surface area contributed by atoms with E-state index in [-0.39, 0.29) is 6.54 Å². The first-order valence-corrected chi connectivity index (χ1v) is 10.6. The van der Waals surface area contributed by atoms with Crippen LogP contribution in [-0.2, 0) is 33.7 Å². The quantitative estimate of drug-likeness (QED) is 0.597. The fraction of sp³-hybridized carbons (Fsp3) is 0.400. The number of hydrogen-bond donors (Lipinski definition) is 1. The first-order valence-electron chi connectivity index (χ1n) is 9.25. The van der Waals surface area contributed by atoms with Gasteiger partial charge in [-0.2, -0.15) is 16.9 Å². The normalized spacial score (nSPS) is 12.2. The predicted octanol–water partition coefficient (Wildman–Crippen LogP) is 2.82. The third-order valence-electron chi connectivity index (χ3n) is 4.73. The fourth-order valence-corrected chi connectivity index (χ4v) is 3.62. The number of fused-ring (bicyclic) bond motifs is 1. The SMILES string of the molecule is CSCc1nc2ccccc2n1CC(=O)O[C@@H](C)C(=O)Nc1c(C)nn(C)c1C. The molecule has 0 saturated carbocycles. The third kappa shape index (κ3) is 4.45. The number of carbonyl (C=O) groups excluding carboxylic acids is 2. The maximum atomic E-state index is 12.5. The van der Waals surface area contributed by atoms with Gasteiger partial charge in [0.1, 0.15) is 12.4 Å². The Bertz CT molecular complexity index is 1060. The second-order valence-electron chi connectivity index (χ2n) is 6.83. The zero-order chi connectivity index (χ0) is 21.1. The summed E-state index contributed by atoms with van der Waals surface area (Å²) in [6.45, 7) is 5.24. The number of nitrogens with zero attached hydrogens (tertiary/aromatic N) is 4. The number of aryl methyl sites for hydroxylation is 2. The zero-order valence-electron chi connectivity index (χ0n) is 17.2. The number of imidazole rings is 1. The molecule has 9 heteroatoms. The molecule has 0 aliphatic heterocycles. The smallest absolute Gasteiger partial charge is 0.326 e. The molecule has 0 aliphatic rings. The van der Waals surface area contributed by atoms with Gasteiger partial charge in [0.15, 0.2) is 6.10 Å². The molecule has 0 unspecified atom stereocenters. The van der Waals surface area contributed by atoms with E-state index in [2.05, 4.69) is 15.4 Å². The van der Waals surface area contributed by atoms with Gasteiger partial charge in [-0.3, -0.25) is 14.3 Å². The Morgan fingerprint density at radius 3 is 2.66 bits per heavy atom. The largest absolute Gasteiger partial charge is 0.451 e. The van der Waals surface area contributed by atoms with Crippen molar-refractivity contribution in [3.05, 3.63) is 41.5 Å². The summed E-state index contributed by atoms with van der Waals surface area (Å²) < 4.78 is 8.93. The number of amides is 1. The minimum Gasteiger partial charge on any atom is -0.451 e. The Morgan fingerprint density at radius 2 is 2.00 bits per heavy atom. The summed E-state index contributed by atoms with van der Waals surface area (Å²) in [7, 11) is 1.81. The van der Waals surface area contributed by atoms with Gasteiger partial charge in [-0.05, 0) is 39.2 Å². The van der Waals surface area contributed by atoms with E-state index in [0.717, 1.165) is 22.6 Å². The van der Waals surface area contributed by atoms with E-state index in [4.69, 9.17) is 4.74 Å². The van der Waals surface area contributed by atoms with Gasteiger partial charge in [-0.1, -0.05) is 12.1 Å². The lowest BCUT2D eigenvalue weighted by molar-refractivity contribution is -0.153. The number of rotatable bonds is 7. The van der Waals surface area contributed by atoms with Gasteiger partial charge in [0.05, 0.1) is 33.9 Å². The standard InChI is InChI=1S/C20H25N5O3S/c1-12-19(13(2)24(4)23-12)22-20(27)14(3)28-18(26)10-25-16-9-7-6-8-15(16)21-17(25)11-29-5/h6-9,14H,10-11H2,1-5H3,(H,22,27)/t14-/m0/s1. The minimum absolute atomic E-state index is 0.00102. The molecule has 0 spiro atoms. The molecule has 2 heterocycles. The Balaban J connectivity index is 1.69. The number of para-hydroxylation sites is 2. The van der Waals surface area contributed by atoms with Crippen molar-refractivity contribution in [2.24, 2.45) is 7.05 Å². The van der Waals surface area contributed by atoms with Crippen LogP contribution in [0.3, 0.4) is 0 Å². The van der Waals surface area contributed by atoms with Crippen LogP contribution in [0.25, 0.3) is 11.0 Å². The summed E-state index contributed by atoms with van der Waals surface area (Å²) in [6, 6.07) is 7.65.